The smallest absolute Gasteiger partial charge is 0.160 e. The second kappa shape index (κ2) is 14.7. The Morgan fingerprint density at radius 3 is 1.28 bits per heavy atom. The summed E-state index contributed by atoms with van der Waals surface area (Å²) in [6.45, 7) is 0. The summed E-state index contributed by atoms with van der Waals surface area (Å²) < 4.78 is 0. The minimum absolute atomic E-state index is 0.683. The maximum atomic E-state index is 5.06. The van der Waals surface area contributed by atoms with Crippen LogP contribution in [0.4, 0.5) is 0 Å². The van der Waals surface area contributed by atoms with E-state index in [2.05, 4.69) is 114 Å². The van der Waals surface area contributed by atoms with Crippen LogP contribution in [-0.2, 0) is 0 Å². The van der Waals surface area contributed by atoms with Gasteiger partial charge in [0.2, 0.25) is 0 Å². The van der Waals surface area contributed by atoms with E-state index in [4.69, 9.17) is 19.9 Å². The largest absolute Gasteiger partial charge is 0.255 e. The molecule has 0 unspecified atom stereocenters. The Morgan fingerprint density at radius 2 is 0.685 bits per heavy atom. The lowest BCUT2D eigenvalue weighted by Crippen LogP contribution is -1.96. The number of aromatic nitrogens is 5. The van der Waals surface area contributed by atoms with Crippen LogP contribution in [0.3, 0.4) is 0 Å². The molecule has 0 amide bonds. The van der Waals surface area contributed by atoms with E-state index in [9.17, 15) is 0 Å². The number of benzene rings is 5. The van der Waals surface area contributed by atoms with E-state index in [0.29, 0.717) is 5.82 Å². The first-order valence-electron chi connectivity index (χ1n) is 17.9. The van der Waals surface area contributed by atoms with Crippen molar-refractivity contribution in [3.8, 4) is 90.1 Å². The van der Waals surface area contributed by atoms with Crippen LogP contribution in [0.5, 0.6) is 0 Å². The van der Waals surface area contributed by atoms with Crippen LogP contribution in [0, 0.1) is 0 Å². The zero-order chi connectivity index (χ0) is 36.1. The molecule has 0 bridgehead atoms. The molecule has 5 aromatic carbocycles. The molecular weight excluding hydrogens is 659 g/mol. The van der Waals surface area contributed by atoms with Crippen LogP contribution < -0.4 is 0 Å². The lowest BCUT2D eigenvalue weighted by Gasteiger charge is -2.12. The molecule has 5 nitrogen and oxygen atoms in total. The average molecular weight is 692 g/mol. The molecule has 0 aliphatic carbocycles. The highest BCUT2D eigenvalue weighted by Crippen LogP contribution is 2.34. The van der Waals surface area contributed by atoms with Gasteiger partial charge in [0.05, 0.1) is 34.2 Å². The van der Waals surface area contributed by atoms with Crippen molar-refractivity contribution in [3.05, 3.63) is 200 Å². The van der Waals surface area contributed by atoms with Crippen LogP contribution in [0.25, 0.3) is 90.1 Å². The van der Waals surface area contributed by atoms with Crippen LogP contribution in [0.1, 0.15) is 0 Å². The molecule has 0 aliphatic heterocycles. The quantitative estimate of drug-likeness (QED) is 0.159. The van der Waals surface area contributed by atoms with Gasteiger partial charge in [-0.1, -0.05) is 133 Å². The van der Waals surface area contributed by atoms with E-state index in [1.54, 1.807) is 6.20 Å². The Labute approximate surface area is 314 Å². The molecule has 0 radical (unpaired) electrons. The fourth-order valence-corrected chi connectivity index (χ4v) is 6.66. The first-order valence-corrected chi connectivity index (χ1v) is 17.9. The van der Waals surface area contributed by atoms with E-state index in [-0.39, 0.29) is 0 Å². The maximum absolute atomic E-state index is 5.06. The Hall–Kier alpha value is -7.37. The van der Waals surface area contributed by atoms with E-state index < -0.39 is 0 Å². The van der Waals surface area contributed by atoms with E-state index >= 15 is 0 Å². The average Bonchev–Trinajstić information content (AvgIpc) is 3.27. The first kappa shape index (κ1) is 32.5. The lowest BCUT2D eigenvalue weighted by atomic mass is 9.97. The first-order chi connectivity index (χ1) is 26.7. The predicted octanol–water partition coefficient (Wildman–Crippen LogP) is 12.0. The molecule has 9 rings (SSSR count). The lowest BCUT2D eigenvalue weighted by molar-refractivity contribution is 1.18. The number of hydrogen-bond acceptors (Lipinski definition) is 5. The van der Waals surface area contributed by atoms with Gasteiger partial charge < -0.3 is 0 Å². The molecule has 254 valence electrons. The third kappa shape index (κ3) is 6.94. The summed E-state index contributed by atoms with van der Waals surface area (Å²) in [6.07, 6.45) is 3.65. The van der Waals surface area contributed by atoms with Crippen molar-refractivity contribution < 1.29 is 0 Å². The minimum Gasteiger partial charge on any atom is -0.255 e. The fraction of sp³-hybridized carbons (Fsp3) is 0. The molecule has 0 aliphatic rings. The van der Waals surface area contributed by atoms with E-state index in [1.807, 2.05) is 85.1 Å². The topological polar surface area (TPSA) is 64.5 Å². The Balaban J connectivity index is 1.08. The normalized spacial score (nSPS) is 11.0. The van der Waals surface area contributed by atoms with Gasteiger partial charge in [-0.3, -0.25) is 9.97 Å². The molecule has 9 aromatic rings. The zero-order valence-electron chi connectivity index (χ0n) is 29.3. The minimum atomic E-state index is 0.683. The van der Waals surface area contributed by atoms with Crippen molar-refractivity contribution in [1.82, 2.24) is 24.9 Å². The van der Waals surface area contributed by atoms with Crippen molar-refractivity contribution >= 4 is 0 Å². The summed E-state index contributed by atoms with van der Waals surface area (Å²) in [6, 6.07) is 64.3. The van der Waals surface area contributed by atoms with Gasteiger partial charge in [0.25, 0.3) is 0 Å². The Bertz CT molecular complexity index is 2400. The maximum Gasteiger partial charge on any atom is 0.160 e. The predicted molar refractivity (Wildman–Crippen MR) is 219 cm³/mol. The molecule has 4 heterocycles. The Kier molecular flexibility index (Phi) is 8.86. The summed E-state index contributed by atoms with van der Waals surface area (Å²) in [4.78, 5) is 24.6. The van der Waals surface area contributed by atoms with E-state index in [1.165, 1.54) is 0 Å². The summed E-state index contributed by atoms with van der Waals surface area (Å²) in [5, 5.41) is 0. The van der Waals surface area contributed by atoms with Crippen LogP contribution in [-0.4, -0.2) is 24.9 Å². The molecular formula is C49H33N5. The highest BCUT2D eigenvalue weighted by molar-refractivity contribution is 5.80. The van der Waals surface area contributed by atoms with Crippen LogP contribution in [0.15, 0.2) is 200 Å². The van der Waals surface area contributed by atoms with E-state index in [0.717, 1.165) is 84.2 Å². The number of rotatable bonds is 8. The van der Waals surface area contributed by atoms with Crippen molar-refractivity contribution in [2.24, 2.45) is 0 Å². The third-order valence-corrected chi connectivity index (χ3v) is 9.40. The molecule has 5 heteroatoms. The van der Waals surface area contributed by atoms with Crippen molar-refractivity contribution in [1.29, 1.82) is 0 Å². The van der Waals surface area contributed by atoms with Gasteiger partial charge in [-0.05, 0) is 88.0 Å². The molecule has 54 heavy (non-hydrogen) atoms. The van der Waals surface area contributed by atoms with Gasteiger partial charge in [-0.2, -0.15) is 0 Å². The van der Waals surface area contributed by atoms with Crippen LogP contribution in [0.2, 0.25) is 0 Å². The summed E-state index contributed by atoms with van der Waals surface area (Å²) in [5.74, 6) is 0.683. The van der Waals surface area contributed by atoms with Gasteiger partial charge in [-0.15, -0.1) is 0 Å². The molecule has 0 N–H and O–H groups in total. The monoisotopic (exact) mass is 691 g/mol. The van der Waals surface area contributed by atoms with Gasteiger partial charge in [0, 0.05) is 29.1 Å². The summed E-state index contributed by atoms with van der Waals surface area (Å²) in [5.41, 5.74) is 14.5. The standard InChI is InChI=1S/C49H33N5/c1-4-14-34(15-5-1)42-31-47(43-24-10-11-26-50-43)52-48(32-42)46-30-40(25-27-51-46)38-21-12-20-37(28-38)39-22-13-23-41(29-39)49-53-44(35-16-6-2-7-17-35)33-45(54-49)36-18-8-3-9-19-36/h1-33H. The summed E-state index contributed by atoms with van der Waals surface area (Å²) in [7, 11) is 0. The number of pyridine rings is 3. The molecule has 0 saturated carbocycles. The highest BCUT2D eigenvalue weighted by Gasteiger charge is 2.14. The fourth-order valence-electron chi connectivity index (χ4n) is 6.66. The molecule has 0 atom stereocenters. The highest BCUT2D eigenvalue weighted by atomic mass is 14.9. The zero-order valence-corrected chi connectivity index (χ0v) is 29.3. The van der Waals surface area contributed by atoms with Crippen molar-refractivity contribution in [2.45, 2.75) is 0 Å². The molecule has 0 spiro atoms. The van der Waals surface area contributed by atoms with Crippen molar-refractivity contribution in [3.63, 3.8) is 0 Å². The second-order valence-corrected chi connectivity index (χ2v) is 13.0. The SMILES string of the molecule is c1ccc(-c2cc(-c3ccccn3)nc(-c3cc(-c4cccc(-c5cccc(-c6nc(-c7ccccc7)cc(-c7ccccc7)n6)c5)c4)ccn3)c2)cc1. The second-order valence-electron chi connectivity index (χ2n) is 13.0. The Morgan fingerprint density at radius 1 is 0.222 bits per heavy atom. The van der Waals surface area contributed by atoms with Crippen molar-refractivity contribution in [2.75, 3.05) is 0 Å². The number of hydrogen-bond donors (Lipinski definition) is 0. The molecule has 0 saturated heterocycles. The third-order valence-electron chi connectivity index (χ3n) is 9.40. The number of nitrogens with zero attached hydrogens (tertiary/aromatic N) is 5. The van der Waals surface area contributed by atoms with Gasteiger partial charge >= 0.3 is 0 Å². The molecule has 4 aromatic heterocycles. The summed E-state index contributed by atoms with van der Waals surface area (Å²) >= 11 is 0. The van der Waals surface area contributed by atoms with Gasteiger partial charge in [0.1, 0.15) is 0 Å². The van der Waals surface area contributed by atoms with Crippen LogP contribution >= 0.6 is 0 Å². The van der Waals surface area contributed by atoms with Gasteiger partial charge in [-0.25, -0.2) is 15.0 Å². The molecule has 0 fully saturated rings. The van der Waals surface area contributed by atoms with Gasteiger partial charge in [0.15, 0.2) is 5.82 Å².